The molecule has 2 aromatic rings. The van der Waals surface area contributed by atoms with E-state index < -0.39 is 0 Å². The maximum Gasteiger partial charge on any atom is 0.326 e. The van der Waals surface area contributed by atoms with E-state index in [4.69, 9.17) is 0 Å². The molecule has 1 fully saturated rings. The Labute approximate surface area is 125 Å². The highest BCUT2D eigenvalue weighted by Gasteiger charge is 2.21. The van der Waals surface area contributed by atoms with Crippen LogP contribution in [-0.4, -0.2) is 34.1 Å². The van der Waals surface area contributed by atoms with Gasteiger partial charge in [-0.2, -0.15) is 0 Å². The van der Waals surface area contributed by atoms with Crippen molar-refractivity contribution in [1.82, 2.24) is 14.5 Å². The summed E-state index contributed by atoms with van der Waals surface area (Å²) in [5.74, 6) is 1.59. The molecule has 21 heavy (non-hydrogen) atoms. The first-order valence-electron chi connectivity index (χ1n) is 8.03. The number of rotatable bonds is 4. The average Bonchev–Trinajstić information content (AvgIpc) is 2.74. The van der Waals surface area contributed by atoms with Crippen LogP contribution in [0.15, 0.2) is 29.1 Å². The summed E-state index contributed by atoms with van der Waals surface area (Å²) in [5, 5.41) is 0. The highest BCUT2D eigenvalue weighted by molar-refractivity contribution is 5.74. The Morgan fingerprint density at radius 1 is 1.14 bits per heavy atom. The van der Waals surface area contributed by atoms with Crippen molar-refractivity contribution in [2.45, 2.75) is 33.2 Å². The summed E-state index contributed by atoms with van der Waals surface area (Å²) in [5.41, 5.74) is 1.96. The number of aryl methyl sites for hydroxylation is 1. The molecule has 1 N–H and O–H groups in total. The van der Waals surface area contributed by atoms with Crippen LogP contribution in [0.2, 0.25) is 0 Å². The van der Waals surface area contributed by atoms with E-state index in [2.05, 4.69) is 23.7 Å². The Kier molecular flexibility index (Phi) is 4.15. The number of aromatic nitrogens is 2. The van der Waals surface area contributed by atoms with Crippen LogP contribution in [0.1, 0.15) is 26.7 Å². The molecule has 2 atom stereocenters. The fourth-order valence-electron chi connectivity index (χ4n) is 3.76. The Bertz CT molecular complexity index is 647. The molecule has 0 aliphatic carbocycles. The Morgan fingerprint density at radius 2 is 1.86 bits per heavy atom. The summed E-state index contributed by atoms with van der Waals surface area (Å²) in [6.45, 7) is 8.96. The number of H-pyrrole nitrogens is 1. The number of aromatic amines is 1. The van der Waals surface area contributed by atoms with Crippen LogP contribution in [-0.2, 0) is 6.54 Å². The number of nitrogens with one attached hydrogen (secondary N) is 1. The zero-order valence-electron chi connectivity index (χ0n) is 13.0. The Hall–Kier alpha value is -1.55. The molecule has 1 aromatic carbocycles. The summed E-state index contributed by atoms with van der Waals surface area (Å²) < 4.78 is 1.87. The molecule has 3 rings (SSSR count). The molecule has 4 nitrogen and oxygen atoms in total. The highest BCUT2D eigenvalue weighted by atomic mass is 16.1. The van der Waals surface area contributed by atoms with E-state index in [1.54, 1.807) is 0 Å². The molecular weight excluding hydrogens is 262 g/mol. The number of likely N-dealkylation sites (tertiary alicyclic amines) is 1. The van der Waals surface area contributed by atoms with Crippen LogP contribution in [0.4, 0.5) is 0 Å². The molecule has 0 amide bonds. The van der Waals surface area contributed by atoms with E-state index in [0.29, 0.717) is 0 Å². The summed E-state index contributed by atoms with van der Waals surface area (Å²) in [7, 11) is 0. The molecule has 1 aliphatic heterocycles. The van der Waals surface area contributed by atoms with Gasteiger partial charge in [-0.15, -0.1) is 0 Å². The summed E-state index contributed by atoms with van der Waals surface area (Å²) in [6, 6.07) is 7.92. The number of piperidine rings is 1. The topological polar surface area (TPSA) is 41.0 Å². The molecule has 1 aliphatic rings. The lowest BCUT2D eigenvalue weighted by atomic mass is 9.92. The van der Waals surface area contributed by atoms with Crippen LogP contribution in [0, 0.1) is 11.8 Å². The molecule has 1 aromatic heterocycles. The van der Waals surface area contributed by atoms with E-state index in [9.17, 15) is 4.79 Å². The molecule has 0 radical (unpaired) electrons. The minimum Gasteiger partial charge on any atom is -0.306 e. The van der Waals surface area contributed by atoms with Gasteiger partial charge in [0.1, 0.15) is 0 Å². The van der Waals surface area contributed by atoms with Gasteiger partial charge in [0.25, 0.3) is 0 Å². The van der Waals surface area contributed by atoms with Gasteiger partial charge in [-0.25, -0.2) is 4.79 Å². The van der Waals surface area contributed by atoms with Crippen molar-refractivity contribution in [2.75, 3.05) is 19.6 Å². The number of imidazole rings is 1. The van der Waals surface area contributed by atoms with Gasteiger partial charge in [0.05, 0.1) is 11.0 Å². The van der Waals surface area contributed by atoms with Crippen LogP contribution < -0.4 is 5.69 Å². The van der Waals surface area contributed by atoms with Crippen LogP contribution in [0.3, 0.4) is 0 Å². The van der Waals surface area contributed by atoms with Crippen molar-refractivity contribution < 1.29 is 0 Å². The first-order valence-corrected chi connectivity index (χ1v) is 8.03. The van der Waals surface area contributed by atoms with Gasteiger partial charge in [-0.1, -0.05) is 26.0 Å². The van der Waals surface area contributed by atoms with Crippen LogP contribution in [0.5, 0.6) is 0 Å². The maximum absolute atomic E-state index is 12.0. The number of para-hydroxylation sites is 2. The lowest BCUT2D eigenvalue weighted by Gasteiger charge is -2.34. The predicted molar refractivity (Wildman–Crippen MR) is 86.6 cm³/mol. The van der Waals surface area contributed by atoms with Crippen LogP contribution >= 0.6 is 0 Å². The third-order valence-corrected chi connectivity index (χ3v) is 4.48. The Balaban J connectivity index is 1.62. The Morgan fingerprint density at radius 3 is 2.62 bits per heavy atom. The van der Waals surface area contributed by atoms with Crippen LogP contribution in [0.25, 0.3) is 11.0 Å². The predicted octanol–water partition coefficient (Wildman–Crippen LogP) is 2.70. The van der Waals surface area contributed by atoms with Crippen molar-refractivity contribution in [3.8, 4) is 0 Å². The average molecular weight is 287 g/mol. The monoisotopic (exact) mass is 287 g/mol. The first-order chi connectivity index (χ1) is 10.1. The van der Waals surface area contributed by atoms with Crippen molar-refractivity contribution in [3.05, 3.63) is 34.7 Å². The quantitative estimate of drug-likeness (QED) is 0.939. The molecule has 0 spiro atoms. The molecule has 2 unspecified atom stereocenters. The smallest absolute Gasteiger partial charge is 0.306 e. The normalized spacial score (nSPS) is 23.7. The number of benzene rings is 1. The van der Waals surface area contributed by atoms with Gasteiger partial charge >= 0.3 is 5.69 Å². The molecule has 4 heteroatoms. The van der Waals surface area contributed by atoms with E-state index >= 15 is 0 Å². The highest BCUT2D eigenvalue weighted by Crippen LogP contribution is 2.21. The van der Waals surface area contributed by atoms with E-state index in [-0.39, 0.29) is 5.69 Å². The largest absolute Gasteiger partial charge is 0.326 e. The van der Waals surface area contributed by atoms with Crippen molar-refractivity contribution in [1.29, 1.82) is 0 Å². The van der Waals surface area contributed by atoms with Gasteiger partial charge in [-0.05, 0) is 43.4 Å². The summed E-state index contributed by atoms with van der Waals surface area (Å²) in [4.78, 5) is 17.5. The lowest BCUT2D eigenvalue weighted by molar-refractivity contribution is 0.138. The second-order valence-corrected chi connectivity index (χ2v) is 6.66. The van der Waals surface area contributed by atoms with Gasteiger partial charge in [0, 0.05) is 19.6 Å². The number of hydrogen-bond acceptors (Lipinski definition) is 2. The fraction of sp³-hybridized carbons (Fsp3) is 0.588. The van der Waals surface area contributed by atoms with E-state index in [1.807, 2.05) is 28.8 Å². The minimum absolute atomic E-state index is 0.0107. The summed E-state index contributed by atoms with van der Waals surface area (Å²) >= 11 is 0. The minimum atomic E-state index is 0.0107. The van der Waals surface area contributed by atoms with Crippen molar-refractivity contribution in [2.24, 2.45) is 11.8 Å². The summed E-state index contributed by atoms with van der Waals surface area (Å²) in [6.07, 6.45) is 2.37. The third kappa shape index (κ3) is 3.21. The zero-order valence-corrected chi connectivity index (χ0v) is 13.0. The SMILES string of the molecule is CC1CC(C)CN(CCCn2c(=O)[nH]c3ccccc32)C1. The second-order valence-electron chi connectivity index (χ2n) is 6.66. The first kappa shape index (κ1) is 14.4. The molecular formula is C17H25N3O. The molecule has 1 saturated heterocycles. The van der Waals surface area contributed by atoms with Gasteiger partial charge in [0.15, 0.2) is 0 Å². The standard InChI is InChI=1S/C17H25N3O/c1-13-10-14(2)12-19(11-13)8-5-9-20-16-7-4-3-6-15(16)18-17(20)21/h3-4,6-7,13-14H,5,8-12H2,1-2H3,(H,18,21). The van der Waals surface area contributed by atoms with Crippen molar-refractivity contribution >= 4 is 11.0 Å². The molecule has 0 bridgehead atoms. The lowest BCUT2D eigenvalue weighted by Crippen LogP contribution is -2.39. The van der Waals surface area contributed by atoms with E-state index in [1.165, 1.54) is 19.5 Å². The van der Waals surface area contributed by atoms with Crippen molar-refractivity contribution in [3.63, 3.8) is 0 Å². The second kappa shape index (κ2) is 6.06. The molecule has 114 valence electrons. The molecule has 0 saturated carbocycles. The van der Waals surface area contributed by atoms with Gasteiger partial charge in [0.2, 0.25) is 0 Å². The zero-order chi connectivity index (χ0) is 14.8. The van der Waals surface area contributed by atoms with Gasteiger partial charge < -0.3 is 9.88 Å². The third-order valence-electron chi connectivity index (χ3n) is 4.48. The molecule has 2 heterocycles. The van der Waals surface area contributed by atoms with Gasteiger partial charge in [-0.3, -0.25) is 4.57 Å². The maximum atomic E-state index is 12.0. The number of nitrogens with zero attached hydrogens (tertiary/aromatic N) is 2. The fourth-order valence-corrected chi connectivity index (χ4v) is 3.76. The number of fused-ring (bicyclic) bond motifs is 1. The van der Waals surface area contributed by atoms with E-state index in [0.717, 1.165) is 42.4 Å². The number of hydrogen-bond donors (Lipinski definition) is 1.